The second-order valence-corrected chi connectivity index (χ2v) is 6.35. The molecule has 138 valence electrons. The van der Waals surface area contributed by atoms with Crippen molar-refractivity contribution in [3.05, 3.63) is 48.2 Å². The molecule has 0 heterocycles. The molecule has 0 fully saturated rings. The van der Waals surface area contributed by atoms with Crippen LogP contribution < -0.4 is 22.1 Å². The van der Waals surface area contributed by atoms with Crippen LogP contribution in [0.1, 0.15) is 12.8 Å². The molecule has 0 radical (unpaired) electrons. The van der Waals surface area contributed by atoms with Gasteiger partial charge < -0.3 is 37.4 Å². The van der Waals surface area contributed by atoms with E-state index in [2.05, 4.69) is 10.6 Å². The molecule has 0 spiro atoms. The number of hydrogen-bond donors (Lipinski definition) is 7. The largest absolute Gasteiger partial charge is 0.399 e. The lowest BCUT2D eigenvalue weighted by Gasteiger charge is -2.36. The first kappa shape index (κ1) is 19.3. The van der Waals surface area contributed by atoms with Crippen LogP contribution in [0.15, 0.2) is 48.2 Å². The van der Waals surface area contributed by atoms with Crippen molar-refractivity contribution < 1.29 is 15.3 Å². The number of hydrogen-bond acceptors (Lipinski definition) is 7. The Morgan fingerprint density at radius 3 is 2.36 bits per heavy atom. The zero-order valence-electron chi connectivity index (χ0n) is 14.2. The van der Waals surface area contributed by atoms with Crippen molar-refractivity contribution in [3.63, 3.8) is 0 Å². The molecule has 2 atom stereocenters. The van der Waals surface area contributed by atoms with Crippen LogP contribution in [0.2, 0.25) is 0 Å². The van der Waals surface area contributed by atoms with E-state index >= 15 is 0 Å². The minimum absolute atomic E-state index is 0.0663. The summed E-state index contributed by atoms with van der Waals surface area (Å²) in [6.07, 6.45) is 4.80. The summed E-state index contributed by atoms with van der Waals surface area (Å²) in [6.45, 7) is 1.17. The highest BCUT2D eigenvalue weighted by Gasteiger charge is 2.33. The highest BCUT2D eigenvalue weighted by atomic mass is 16.5. The Hall–Kier alpha value is -2.06. The van der Waals surface area contributed by atoms with Crippen molar-refractivity contribution in [2.24, 2.45) is 17.4 Å². The standard InChI is InChI=1S/C18H28N4O3/c19-14-5-7-18(20,8-6-17(24)25)13(11-14)12-22-16-3-1-15(2-4-16)21-9-10-23/h1-5,7,11,13,17,21-25H,6,8-10,12,19-20H2. The lowest BCUT2D eigenvalue weighted by Crippen LogP contribution is -2.49. The molecule has 7 heteroatoms. The molecule has 1 aliphatic rings. The van der Waals surface area contributed by atoms with Gasteiger partial charge in [0.2, 0.25) is 0 Å². The Morgan fingerprint density at radius 2 is 1.76 bits per heavy atom. The average molecular weight is 348 g/mol. The Labute approximate surface area is 148 Å². The first-order valence-corrected chi connectivity index (χ1v) is 8.43. The van der Waals surface area contributed by atoms with E-state index in [1.165, 1.54) is 0 Å². The van der Waals surface area contributed by atoms with E-state index in [0.717, 1.165) is 11.4 Å². The van der Waals surface area contributed by atoms with Gasteiger partial charge in [0, 0.05) is 41.6 Å². The number of allylic oxidation sites excluding steroid dienone is 1. The van der Waals surface area contributed by atoms with Crippen LogP contribution in [0.25, 0.3) is 0 Å². The molecule has 1 aromatic carbocycles. The topological polar surface area (TPSA) is 137 Å². The summed E-state index contributed by atoms with van der Waals surface area (Å²) >= 11 is 0. The zero-order chi connectivity index (χ0) is 18.3. The summed E-state index contributed by atoms with van der Waals surface area (Å²) < 4.78 is 0. The third kappa shape index (κ3) is 5.75. The molecule has 25 heavy (non-hydrogen) atoms. The molecule has 0 saturated carbocycles. The molecule has 1 aliphatic carbocycles. The average Bonchev–Trinajstić information content (AvgIpc) is 2.60. The van der Waals surface area contributed by atoms with Crippen LogP contribution in [-0.4, -0.2) is 46.8 Å². The maximum Gasteiger partial charge on any atom is 0.151 e. The SMILES string of the molecule is NC1=CC(CNc2ccc(NCCO)cc2)C(N)(CCC(O)O)C=C1. The fourth-order valence-electron chi connectivity index (χ4n) is 2.85. The van der Waals surface area contributed by atoms with Crippen molar-refractivity contribution in [3.8, 4) is 0 Å². The number of rotatable bonds is 9. The zero-order valence-corrected chi connectivity index (χ0v) is 14.2. The molecule has 7 nitrogen and oxygen atoms in total. The predicted molar refractivity (Wildman–Crippen MR) is 99.8 cm³/mol. The smallest absolute Gasteiger partial charge is 0.151 e. The number of aliphatic hydroxyl groups excluding tert-OH is 2. The number of nitrogens with one attached hydrogen (secondary N) is 2. The fourth-order valence-corrected chi connectivity index (χ4v) is 2.85. The van der Waals surface area contributed by atoms with E-state index in [1.54, 1.807) is 6.08 Å². The predicted octanol–water partition coefficient (Wildman–Crippen LogP) is 0.320. The molecule has 2 unspecified atom stereocenters. The third-order valence-corrected chi connectivity index (χ3v) is 4.36. The van der Waals surface area contributed by atoms with E-state index in [-0.39, 0.29) is 18.9 Å². The normalized spacial score (nSPS) is 22.8. The van der Waals surface area contributed by atoms with Gasteiger partial charge >= 0.3 is 0 Å². The van der Waals surface area contributed by atoms with Gasteiger partial charge in [-0.3, -0.25) is 0 Å². The molecular formula is C18H28N4O3. The summed E-state index contributed by atoms with van der Waals surface area (Å²) in [5.74, 6) is -0.0663. The Morgan fingerprint density at radius 1 is 1.12 bits per heavy atom. The molecule has 0 amide bonds. The minimum Gasteiger partial charge on any atom is -0.399 e. The van der Waals surface area contributed by atoms with Crippen molar-refractivity contribution in [2.45, 2.75) is 24.7 Å². The molecule has 9 N–H and O–H groups in total. The summed E-state index contributed by atoms with van der Waals surface area (Å²) in [4.78, 5) is 0. The maximum atomic E-state index is 9.13. The van der Waals surface area contributed by atoms with Gasteiger partial charge in [-0.05, 0) is 43.2 Å². The molecule has 2 rings (SSSR count). The van der Waals surface area contributed by atoms with Crippen molar-refractivity contribution in [2.75, 3.05) is 30.3 Å². The van der Waals surface area contributed by atoms with Crippen LogP contribution >= 0.6 is 0 Å². The molecule has 0 saturated heterocycles. The number of anilines is 2. The van der Waals surface area contributed by atoms with Gasteiger partial charge in [-0.2, -0.15) is 0 Å². The summed E-state index contributed by atoms with van der Waals surface area (Å²) in [6, 6.07) is 7.75. The van der Waals surface area contributed by atoms with Crippen LogP contribution in [0, 0.1) is 5.92 Å². The van der Waals surface area contributed by atoms with Gasteiger partial charge in [0.1, 0.15) is 0 Å². The van der Waals surface area contributed by atoms with Crippen LogP contribution in [0.4, 0.5) is 11.4 Å². The Kier molecular flexibility index (Phi) is 6.83. The molecule has 0 aliphatic heterocycles. The molecule has 1 aromatic rings. The number of benzene rings is 1. The Bertz CT molecular complexity index is 601. The van der Waals surface area contributed by atoms with Gasteiger partial charge in [0.25, 0.3) is 0 Å². The maximum absolute atomic E-state index is 9.13. The lowest BCUT2D eigenvalue weighted by atomic mass is 9.77. The van der Waals surface area contributed by atoms with Gasteiger partial charge in [-0.1, -0.05) is 12.2 Å². The summed E-state index contributed by atoms with van der Waals surface area (Å²) in [5, 5.41) is 33.5. The third-order valence-electron chi connectivity index (χ3n) is 4.36. The van der Waals surface area contributed by atoms with Gasteiger partial charge in [0.15, 0.2) is 6.29 Å². The lowest BCUT2D eigenvalue weighted by molar-refractivity contribution is -0.0495. The number of aliphatic hydroxyl groups is 3. The number of nitrogens with two attached hydrogens (primary N) is 2. The summed E-state index contributed by atoms with van der Waals surface area (Å²) in [7, 11) is 0. The van der Waals surface area contributed by atoms with E-state index in [0.29, 0.717) is 25.2 Å². The van der Waals surface area contributed by atoms with Crippen molar-refractivity contribution >= 4 is 11.4 Å². The molecular weight excluding hydrogens is 320 g/mol. The van der Waals surface area contributed by atoms with Crippen LogP contribution in [0.5, 0.6) is 0 Å². The van der Waals surface area contributed by atoms with Crippen LogP contribution in [0.3, 0.4) is 0 Å². The summed E-state index contributed by atoms with van der Waals surface area (Å²) in [5.41, 5.74) is 14.2. The second-order valence-electron chi connectivity index (χ2n) is 6.35. The first-order valence-electron chi connectivity index (χ1n) is 8.43. The van der Waals surface area contributed by atoms with Crippen molar-refractivity contribution in [1.29, 1.82) is 0 Å². The second kappa shape index (κ2) is 8.87. The highest BCUT2D eigenvalue weighted by molar-refractivity contribution is 5.53. The van der Waals surface area contributed by atoms with Gasteiger partial charge in [-0.15, -0.1) is 0 Å². The van der Waals surface area contributed by atoms with Gasteiger partial charge in [-0.25, -0.2) is 0 Å². The van der Waals surface area contributed by atoms with E-state index < -0.39 is 11.8 Å². The van der Waals surface area contributed by atoms with E-state index in [9.17, 15) is 0 Å². The Balaban J connectivity index is 1.97. The van der Waals surface area contributed by atoms with Gasteiger partial charge in [0.05, 0.1) is 6.61 Å². The van der Waals surface area contributed by atoms with E-state index in [1.807, 2.05) is 36.4 Å². The van der Waals surface area contributed by atoms with E-state index in [4.69, 9.17) is 26.8 Å². The molecule has 0 aromatic heterocycles. The quantitative estimate of drug-likeness (QED) is 0.319. The highest BCUT2D eigenvalue weighted by Crippen LogP contribution is 2.29. The molecule has 0 bridgehead atoms. The van der Waals surface area contributed by atoms with Crippen molar-refractivity contribution in [1.82, 2.24) is 0 Å². The minimum atomic E-state index is -1.37. The van der Waals surface area contributed by atoms with Crippen LogP contribution in [-0.2, 0) is 0 Å². The monoisotopic (exact) mass is 348 g/mol. The fraction of sp³-hybridized carbons (Fsp3) is 0.444. The first-order chi connectivity index (χ1) is 11.9.